The fraction of sp³-hybridized carbons (Fsp3) is 0.400. The molecule has 1 aliphatic heterocycles. The smallest absolute Gasteiger partial charge is 0.270 e. The molecule has 0 radical (unpaired) electrons. The van der Waals surface area contributed by atoms with E-state index < -0.39 is 0 Å². The number of oxime groups is 1. The summed E-state index contributed by atoms with van der Waals surface area (Å²) in [5.74, 6) is 0.650. The van der Waals surface area contributed by atoms with Crippen molar-refractivity contribution < 1.29 is 14.4 Å². The molecule has 0 bridgehead atoms. The lowest BCUT2D eigenvalue weighted by Crippen LogP contribution is -2.33. The maximum absolute atomic E-state index is 12.9. The van der Waals surface area contributed by atoms with Gasteiger partial charge >= 0.3 is 0 Å². The molecule has 33 heavy (non-hydrogen) atoms. The number of carbonyl (C=O) groups is 1. The highest BCUT2D eigenvalue weighted by Crippen LogP contribution is 2.22. The van der Waals surface area contributed by atoms with Crippen LogP contribution in [0.5, 0.6) is 5.75 Å². The van der Waals surface area contributed by atoms with E-state index in [1.165, 1.54) is 5.69 Å². The molecule has 1 fully saturated rings. The second kappa shape index (κ2) is 10.4. The lowest BCUT2D eigenvalue weighted by Gasteiger charge is -2.29. The lowest BCUT2D eigenvalue weighted by molar-refractivity contribution is 0.0940. The first-order valence-corrected chi connectivity index (χ1v) is 11.4. The molecule has 0 atom stereocenters. The number of nitrogens with one attached hydrogen (secondary N) is 1. The predicted octanol–water partition coefficient (Wildman–Crippen LogP) is 3.62. The lowest BCUT2D eigenvalue weighted by atomic mass is 10.1. The van der Waals surface area contributed by atoms with E-state index in [9.17, 15) is 4.79 Å². The van der Waals surface area contributed by atoms with Crippen LogP contribution in [0.1, 0.15) is 41.5 Å². The molecule has 1 amide bonds. The summed E-state index contributed by atoms with van der Waals surface area (Å²) in [5.41, 5.74) is 5.54. The molecule has 0 unspecified atom stereocenters. The minimum absolute atomic E-state index is 0.134. The molecular formula is C25H31N5O3. The van der Waals surface area contributed by atoms with E-state index in [0.29, 0.717) is 25.3 Å². The summed E-state index contributed by atoms with van der Waals surface area (Å²) in [6.07, 6.45) is 4.47. The molecule has 0 aliphatic carbocycles. The molecule has 3 aromatic rings. The zero-order valence-corrected chi connectivity index (χ0v) is 19.5. The third-order valence-electron chi connectivity index (χ3n) is 5.81. The molecule has 1 saturated heterocycles. The summed E-state index contributed by atoms with van der Waals surface area (Å²) in [4.78, 5) is 24.7. The van der Waals surface area contributed by atoms with Gasteiger partial charge in [-0.15, -0.1) is 0 Å². The maximum atomic E-state index is 12.9. The number of anilines is 1. The minimum atomic E-state index is -0.134. The van der Waals surface area contributed by atoms with Gasteiger partial charge in [0.05, 0.1) is 18.0 Å². The third-order valence-corrected chi connectivity index (χ3v) is 5.81. The van der Waals surface area contributed by atoms with E-state index in [1.807, 2.05) is 48.7 Å². The number of carbonyl (C=O) groups excluding carboxylic acids is 1. The van der Waals surface area contributed by atoms with Gasteiger partial charge in [-0.05, 0) is 49.2 Å². The van der Waals surface area contributed by atoms with Gasteiger partial charge in [-0.3, -0.25) is 9.20 Å². The highest BCUT2D eigenvalue weighted by molar-refractivity contribution is 5.94. The number of imidazole rings is 1. The van der Waals surface area contributed by atoms with Crippen molar-refractivity contribution in [3.05, 3.63) is 59.5 Å². The molecule has 4 rings (SSSR count). The Kier molecular flexibility index (Phi) is 7.12. The normalized spacial score (nSPS) is 13.8. The SMILES string of the molecule is CCc1nc2ccc(C)cn2c1C(=O)NCCOc1ccc(N2CCC(=NOC)CC2)cc1. The average molecular weight is 450 g/mol. The summed E-state index contributed by atoms with van der Waals surface area (Å²) >= 11 is 0. The maximum Gasteiger partial charge on any atom is 0.270 e. The summed E-state index contributed by atoms with van der Waals surface area (Å²) < 4.78 is 7.71. The molecule has 8 nitrogen and oxygen atoms in total. The monoisotopic (exact) mass is 449 g/mol. The van der Waals surface area contributed by atoms with Gasteiger partial charge in [-0.1, -0.05) is 18.1 Å². The van der Waals surface area contributed by atoms with Gasteiger partial charge in [0.2, 0.25) is 0 Å². The summed E-state index contributed by atoms with van der Waals surface area (Å²) in [7, 11) is 1.59. The van der Waals surface area contributed by atoms with E-state index in [4.69, 9.17) is 9.57 Å². The predicted molar refractivity (Wildman–Crippen MR) is 129 cm³/mol. The van der Waals surface area contributed by atoms with Gasteiger partial charge < -0.3 is 19.8 Å². The molecule has 0 saturated carbocycles. The first kappa shape index (κ1) is 22.6. The number of aryl methyl sites for hydroxylation is 2. The fourth-order valence-corrected chi connectivity index (χ4v) is 4.10. The van der Waals surface area contributed by atoms with Gasteiger partial charge in [-0.2, -0.15) is 0 Å². The highest BCUT2D eigenvalue weighted by atomic mass is 16.6. The fourth-order valence-electron chi connectivity index (χ4n) is 4.10. The van der Waals surface area contributed by atoms with E-state index in [0.717, 1.165) is 54.3 Å². The number of nitrogens with zero attached hydrogens (tertiary/aromatic N) is 4. The first-order valence-electron chi connectivity index (χ1n) is 11.4. The zero-order valence-electron chi connectivity index (χ0n) is 19.5. The minimum Gasteiger partial charge on any atom is -0.492 e. The van der Waals surface area contributed by atoms with E-state index >= 15 is 0 Å². The van der Waals surface area contributed by atoms with Crippen LogP contribution in [-0.4, -0.2) is 54.4 Å². The Morgan fingerprint density at radius 1 is 1.15 bits per heavy atom. The van der Waals surface area contributed by atoms with Gasteiger partial charge in [-0.25, -0.2) is 4.98 Å². The number of pyridine rings is 1. The zero-order chi connectivity index (χ0) is 23.2. The Bertz CT molecular complexity index is 1130. The number of amides is 1. The second-order valence-corrected chi connectivity index (χ2v) is 8.12. The number of fused-ring (bicyclic) bond motifs is 1. The summed E-state index contributed by atoms with van der Waals surface area (Å²) in [6.45, 7) is 6.67. The second-order valence-electron chi connectivity index (χ2n) is 8.12. The Labute approximate surface area is 194 Å². The number of aromatic nitrogens is 2. The number of hydrogen-bond acceptors (Lipinski definition) is 6. The van der Waals surface area contributed by atoms with Crippen LogP contribution in [0.4, 0.5) is 5.69 Å². The largest absolute Gasteiger partial charge is 0.492 e. The van der Waals surface area contributed by atoms with Crippen LogP contribution in [0.3, 0.4) is 0 Å². The highest BCUT2D eigenvalue weighted by Gasteiger charge is 2.18. The number of piperidine rings is 1. The molecule has 1 aromatic carbocycles. The van der Waals surface area contributed by atoms with Crippen molar-refractivity contribution in [3.63, 3.8) is 0 Å². The molecule has 174 valence electrons. The van der Waals surface area contributed by atoms with E-state index in [2.05, 4.69) is 32.5 Å². The van der Waals surface area contributed by atoms with Crippen LogP contribution in [0, 0.1) is 6.92 Å². The van der Waals surface area contributed by atoms with E-state index in [1.54, 1.807) is 7.11 Å². The van der Waals surface area contributed by atoms with Crippen molar-refractivity contribution in [2.75, 3.05) is 38.3 Å². The van der Waals surface area contributed by atoms with Gasteiger partial charge in [0.25, 0.3) is 5.91 Å². The Hall–Kier alpha value is -3.55. The quantitative estimate of drug-likeness (QED) is 0.420. The van der Waals surface area contributed by atoms with Crippen molar-refractivity contribution in [2.45, 2.75) is 33.1 Å². The van der Waals surface area contributed by atoms with Gasteiger partial charge in [0, 0.05) is 37.8 Å². The Morgan fingerprint density at radius 3 is 2.61 bits per heavy atom. The van der Waals surface area contributed by atoms with Crippen LogP contribution in [0.25, 0.3) is 5.65 Å². The van der Waals surface area contributed by atoms with Crippen molar-refractivity contribution in [2.24, 2.45) is 5.16 Å². The summed E-state index contributed by atoms with van der Waals surface area (Å²) in [5, 5.41) is 7.02. The van der Waals surface area contributed by atoms with Crippen molar-refractivity contribution >= 4 is 23.0 Å². The van der Waals surface area contributed by atoms with E-state index in [-0.39, 0.29) is 5.91 Å². The molecule has 8 heteroatoms. The molecule has 3 heterocycles. The number of hydrogen-bond donors (Lipinski definition) is 1. The number of benzene rings is 1. The van der Waals surface area contributed by atoms with Gasteiger partial charge in [0.15, 0.2) is 0 Å². The van der Waals surface area contributed by atoms with Crippen LogP contribution >= 0.6 is 0 Å². The number of rotatable bonds is 8. The van der Waals surface area contributed by atoms with Crippen LogP contribution in [0.2, 0.25) is 0 Å². The Balaban J connectivity index is 1.28. The van der Waals surface area contributed by atoms with Crippen molar-refractivity contribution in [1.29, 1.82) is 0 Å². The average Bonchev–Trinajstić information content (AvgIpc) is 3.21. The van der Waals surface area contributed by atoms with Crippen molar-refractivity contribution in [3.8, 4) is 5.75 Å². The van der Waals surface area contributed by atoms with Crippen LogP contribution in [-0.2, 0) is 11.3 Å². The van der Waals surface area contributed by atoms with Crippen molar-refractivity contribution in [1.82, 2.24) is 14.7 Å². The number of ether oxygens (including phenoxy) is 1. The Morgan fingerprint density at radius 2 is 1.91 bits per heavy atom. The molecule has 1 aliphatic rings. The first-order chi connectivity index (χ1) is 16.1. The standard InChI is InChI=1S/C25H31N5O3/c1-4-22-24(30-17-18(2)5-10-23(30)27-22)25(31)26-13-16-33-21-8-6-20(7-9-21)29-14-11-19(12-15-29)28-32-3/h5-10,17H,4,11-16H2,1-3H3,(H,26,31). The molecule has 2 aromatic heterocycles. The topological polar surface area (TPSA) is 80.5 Å². The summed E-state index contributed by atoms with van der Waals surface area (Å²) in [6, 6.07) is 12.0. The van der Waals surface area contributed by atoms with Gasteiger partial charge in [0.1, 0.15) is 30.8 Å². The molecule has 0 spiro atoms. The third kappa shape index (κ3) is 5.27. The van der Waals surface area contributed by atoms with Crippen LogP contribution in [0.15, 0.2) is 47.8 Å². The molecular weight excluding hydrogens is 418 g/mol. The molecule has 1 N–H and O–H groups in total. The van der Waals surface area contributed by atoms with Crippen LogP contribution < -0.4 is 15.0 Å².